The van der Waals surface area contributed by atoms with Crippen molar-refractivity contribution in [2.75, 3.05) is 12.4 Å². The van der Waals surface area contributed by atoms with Crippen molar-refractivity contribution in [3.8, 4) is 11.4 Å². The summed E-state index contributed by atoms with van der Waals surface area (Å²) in [6.07, 6.45) is 3.85. The van der Waals surface area contributed by atoms with Gasteiger partial charge in [0.25, 0.3) is 0 Å². The number of hydrogen-bond donors (Lipinski definition) is 1. The molecule has 1 N–H and O–H groups in total. The Balaban J connectivity index is 1.63. The van der Waals surface area contributed by atoms with Gasteiger partial charge < -0.3 is 10.1 Å². The normalized spacial score (nSPS) is 10.3. The first-order chi connectivity index (χ1) is 11.2. The van der Waals surface area contributed by atoms with Gasteiger partial charge in [0.2, 0.25) is 5.91 Å². The molecule has 2 aromatic carbocycles. The minimum Gasteiger partial charge on any atom is -0.497 e. The van der Waals surface area contributed by atoms with Crippen molar-refractivity contribution < 1.29 is 9.53 Å². The molecule has 0 aliphatic heterocycles. The van der Waals surface area contributed by atoms with Gasteiger partial charge in [0, 0.05) is 11.9 Å². The van der Waals surface area contributed by atoms with Crippen molar-refractivity contribution in [1.29, 1.82) is 0 Å². The molecule has 0 atom stereocenters. The molecule has 3 aromatic rings. The van der Waals surface area contributed by atoms with Crippen LogP contribution in [0.1, 0.15) is 5.56 Å². The molecular formula is C18H17N3O2. The maximum Gasteiger partial charge on any atom is 0.228 e. The van der Waals surface area contributed by atoms with Gasteiger partial charge in [-0.3, -0.25) is 4.79 Å². The molecule has 3 rings (SSSR count). The number of hydrogen-bond acceptors (Lipinski definition) is 3. The number of ether oxygens (including phenoxy) is 1. The Kier molecular flexibility index (Phi) is 4.38. The maximum absolute atomic E-state index is 12.1. The molecule has 1 amide bonds. The van der Waals surface area contributed by atoms with Crippen LogP contribution in [0.5, 0.6) is 5.75 Å². The minimum absolute atomic E-state index is 0.0808. The third-order valence-corrected chi connectivity index (χ3v) is 3.40. The van der Waals surface area contributed by atoms with Gasteiger partial charge in [0.1, 0.15) is 5.75 Å². The molecule has 0 saturated heterocycles. The Morgan fingerprint density at radius 1 is 1.13 bits per heavy atom. The highest BCUT2D eigenvalue weighted by Gasteiger charge is 2.07. The molecule has 0 aliphatic carbocycles. The summed E-state index contributed by atoms with van der Waals surface area (Å²) in [5.74, 6) is 0.676. The second-order valence-corrected chi connectivity index (χ2v) is 5.08. The van der Waals surface area contributed by atoms with E-state index in [9.17, 15) is 4.79 Å². The Labute approximate surface area is 134 Å². The van der Waals surface area contributed by atoms with E-state index in [1.54, 1.807) is 18.0 Å². The SMILES string of the molecule is COc1ccc(NC(=O)Cc2cnn(-c3ccccc3)c2)cc1. The zero-order valence-corrected chi connectivity index (χ0v) is 12.8. The second-order valence-electron chi connectivity index (χ2n) is 5.08. The highest BCUT2D eigenvalue weighted by Crippen LogP contribution is 2.15. The van der Waals surface area contributed by atoms with E-state index in [1.807, 2.05) is 60.8 Å². The molecule has 0 aliphatic rings. The van der Waals surface area contributed by atoms with Gasteiger partial charge in [-0.1, -0.05) is 18.2 Å². The third-order valence-electron chi connectivity index (χ3n) is 3.40. The Morgan fingerprint density at radius 3 is 2.57 bits per heavy atom. The Hall–Kier alpha value is -3.08. The predicted octanol–water partition coefficient (Wildman–Crippen LogP) is 3.06. The number of amides is 1. The van der Waals surface area contributed by atoms with Crippen LogP contribution >= 0.6 is 0 Å². The van der Waals surface area contributed by atoms with Crippen LogP contribution in [0.15, 0.2) is 67.0 Å². The third kappa shape index (κ3) is 3.77. The van der Waals surface area contributed by atoms with E-state index >= 15 is 0 Å². The van der Waals surface area contributed by atoms with Crippen molar-refractivity contribution in [1.82, 2.24) is 9.78 Å². The fourth-order valence-corrected chi connectivity index (χ4v) is 2.24. The molecule has 1 aromatic heterocycles. The van der Waals surface area contributed by atoms with Crippen LogP contribution in [-0.4, -0.2) is 22.8 Å². The standard InChI is InChI=1S/C18H17N3O2/c1-23-17-9-7-15(8-10-17)20-18(22)11-14-12-19-21(13-14)16-5-3-2-4-6-16/h2-10,12-13H,11H2,1H3,(H,20,22). The minimum atomic E-state index is -0.0808. The smallest absolute Gasteiger partial charge is 0.228 e. The lowest BCUT2D eigenvalue weighted by molar-refractivity contribution is -0.115. The second kappa shape index (κ2) is 6.79. The van der Waals surface area contributed by atoms with Crippen LogP contribution in [-0.2, 0) is 11.2 Å². The monoisotopic (exact) mass is 307 g/mol. The van der Waals surface area contributed by atoms with Gasteiger partial charge in [-0.2, -0.15) is 5.10 Å². The predicted molar refractivity (Wildman–Crippen MR) is 88.9 cm³/mol. The van der Waals surface area contributed by atoms with Crippen LogP contribution in [0.3, 0.4) is 0 Å². The summed E-state index contributed by atoms with van der Waals surface area (Å²) >= 11 is 0. The number of anilines is 1. The van der Waals surface area contributed by atoms with Gasteiger partial charge in [0.05, 0.1) is 25.4 Å². The molecule has 1 heterocycles. The van der Waals surface area contributed by atoms with Gasteiger partial charge in [0.15, 0.2) is 0 Å². The molecule has 5 nitrogen and oxygen atoms in total. The molecule has 5 heteroatoms. The topological polar surface area (TPSA) is 56.1 Å². The van der Waals surface area contributed by atoms with Gasteiger partial charge in [-0.25, -0.2) is 4.68 Å². The number of para-hydroxylation sites is 1. The summed E-state index contributed by atoms with van der Waals surface area (Å²) in [6.45, 7) is 0. The highest BCUT2D eigenvalue weighted by molar-refractivity contribution is 5.92. The summed E-state index contributed by atoms with van der Waals surface area (Å²) in [6, 6.07) is 17.0. The first kappa shape index (κ1) is 14.8. The highest BCUT2D eigenvalue weighted by atomic mass is 16.5. The summed E-state index contributed by atoms with van der Waals surface area (Å²) in [5.41, 5.74) is 2.57. The molecular weight excluding hydrogens is 290 g/mol. The van der Waals surface area contributed by atoms with Crippen molar-refractivity contribution in [2.45, 2.75) is 6.42 Å². The van der Waals surface area contributed by atoms with E-state index in [4.69, 9.17) is 4.74 Å². The van der Waals surface area contributed by atoms with Gasteiger partial charge in [-0.15, -0.1) is 0 Å². The molecule has 116 valence electrons. The number of carbonyl (C=O) groups excluding carboxylic acids is 1. The van der Waals surface area contributed by atoms with Crippen LogP contribution in [0.2, 0.25) is 0 Å². The molecule has 0 spiro atoms. The molecule has 0 saturated carbocycles. The zero-order valence-electron chi connectivity index (χ0n) is 12.8. The molecule has 0 fully saturated rings. The number of benzene rings is 2. The summed E-state index contributed by atoms with van der Waals surface area (Å²) in [4.78, 5) is 12.1. The van der Waals surface area contributed by atoms with Gasteiger partial charge in [-0.05, 0) is 42.0 Å². The maximum atomic E-state index is 12.1. The van der Waals surface area contributed by atoms with Crippen LogP contribution in [0.25, 0.3) is 5.69 Å². The number of nitrogens with one attached hydrogen (secondary N) is 1. The molecule has 0 radical (unpaired) electrons. The average molecular weight is 307 g/mol. The number of rotatable bonds is 5. The molecule has 23 heavy (non-hydrogen) atoms. The van der Waals surface area contributed by atoms with Crippen molar-refractivity contribution >= 4 is 11.6 Å². The first-order valence-corrected chi connectivity index (χ1v) is 7.27. The Bertz CT molecular complexity index is 780. The fraction of sp³-hybridized carbons (Fsp3) is 0.111. The van der Waals surface area contributed by atoms with E-state index in [0.717, 1.165) is 22.7 Å². The lowest BCUT2D eigenvalue weighted by Crippen LogP contribution is -2.13. The lowest BCUT2D eigenvalue weighted by Gasteiger charge is -2.05. The number of carbonyl (C=O) groups is 1. The summed E-state index contributed by atoms with van der Waals surface area (Å²) in [7, 11) is 1.61. The average Bonchev–Trinajstić information content (AvgIpc) is 3.04. The number of aromatic nitrogens is 2. The molecule has 0 bridgehead atoms. The molecule has 0 unspecified atom stereocenters. The summed E-state index contributed by atoms with van der Waals surface area (Å²) in [5, 5.41) is 7.15. The van der Waals surface area contributed by atoms with Crippen LogP contribution in [0.4, 0.5) is 5.69 Å². The first-order valence-electron chi connectivity index (χ1n) is 7.27. The van der Waals surface area contributed by atoms with Crippen LogP contribution < -0.4 is 10.1 Å². The van der Waals surface area contributed by atoms with Crippen LogP contribution in [0, 0.1) is 0 Å². The van der Waals surface area contributed by atoms with E-state index in [1.165, 1.54) is 0 Å². The van der Waals surface area contributed by atoms with Gasteiger partial charge >= 0.3 is 0 Å². The Morgan fingerprint density at radius 2 is 1.87 bits per heavy atom. The lowest BCUT2D eigenvalue weighted by atomic mass is 10.2. The van der Waals surface area contributed by atoms with Crippen molar-refractivity contribution in [2.24, 2.45) is 0 Å². The summed E-state index contributed by atoms with van der Waals surface area (Å²) < 4.78 is 6.85. The van der Waals surface area contributed by atoms with E-state index in [0.29, 0.717) is 0 Å². The van der Waals surface area contributed by atoms with E-state index in [-0.39, 0.29) is 12.3 Å². The van der Waals surface area contributed by atoms with Crippen molar-refractivity contribution in [3.63, 3.8) is 0 Å². The quantitative estimate of drug-likeness (QED) is 0.788. The van der Waals surface area contributed by atoms with E-state index in [2.05, 4.69) is 10.4 Å². The van der Waals surface area contributed by atoms with E-state index < -0.39 is 0 Å². The zero-order chi connectivity index (χ0) is 16.1. The van der Waals surface area contributed by atoms with Crippen molar-refractivity contribution in [3.05, 3.63) is 72.6 Å². The number of nitrogens with zero attached hydrogens (tertiary/aromatic N) is 2. The number of methoxy groups -OCH3 is 1. The fourth-order valence-electron chi connectivity index (χ4n) is 2.24. The largest absolute Gasteiger partial charge is 0.497 e.